The molecular weight excluding hydrogens is 442 g/mol. The van der Waals surface area contributed by atoms with Crippen LogP contribution in [0.15, 0.2) is 35.5 Å². The third-order valence-corrected chi connectivity index (χ3v) is 7.17. The zero-order valence-corrected chi connectivity index (χ0v) is 18.4. The summed E-state index contributed by atoms with van der Waals surface area (Å²) < 4.78 is 23.3. The van der Waals surface area contributed by atoms with E-state index in [1.54, 1.807) is 28.3 Å². The van der Waals surface area contributed by atoms with E-state index in [0.717, 1.165) is 11.9 Å². The molecule has 2 N–H and O–H groups in total. The number of carbonyl (C=O) groups is 2. The van der Waals surface area contributed by atoms with Crippen molar-refractivity contribution in [1.29, 1.82) is 0 Å². The van der Waals surface area contributed by atoms with E-state index in [-0.39, 0.29) is 33.7 Å². The maximum Gasteiger partial charge on any atom is 0.320 e. The fourth-order valence-corrected chi connectivity index (χ4v) is 4.80. The predicted octanol–water partition coefficient (Wildman–Crippen LogP) is 1.53. The van der Waals surface area contributed by atoms with Crippen LogP contribution in [0, 0.1) is 5.92 Å². The van der Waals surface area contributed by atoms with E-state index in [0.29, 0.717) is 43.9 Å². The molecule has 11 heteroatoms. The summed E-state index contributed by atoms with van der Waals surface area (Å²) in [7, 11) is -3.34. The van der Waals surface area contributed by atoms with Crippen molar-refractivity contribution in [2.45, 2.75) is 17.2 Å². The first-order valence-electron chi connectivity index (χ1n) is 9.78. The normalized spacial score (nSPS) is 19.4. The Morgan fingerprint density at radius 2 is 1.87 bits per heavy atom. The number of likely N-dealkylation sites (tertiary alicyclic amines) is 2. The predicted molar refractivity (Wildman–Crippen MR) is 114 cm³/mol. The molecule has 0 spiro atoms. The minimum absolute atomic E-state index is 0.0812. The summed E-state index contributed by atoms with van der Waals surface area (Å²) in [6.45, 7) is 1.99. The fraction of sp³-hybridized carbons (Fsp3) is 0.400. The number of nitrogens with zero attached hydrogens (tertiary/aromatic N) is 4. The Labute approximate surface area is 185 Å². The lowest BCUT2D eigenvalue weighted by molar-refractivity contribution is -0.121. The zero-order valence-electron chi connectivity index (χ0n) is 16.9. The van der Waals surface area contributed by atoms with E-state index in [4.69, 9.17) is 17.3 Å². The Morgan fingerprint density at radius 1 is 1.13 bits per heavy atom. The molecule has 2 aromatic rings. The molecule has 9 nitrogen and oxygen atoms in total. The van der Waals surface area contributed by atoms with Crippen molar-refractivity contribution in [2.24, 2.45) is 11.7 Å². The molecule has 1 aromatic heterocycles. The number of hydrogen-bond donors (Lipinski definition) is 1. The number of carbonyl (C=O) groups excluding carboxylic acids is 2. The Kier molecular flexibility index (Phi) is 5.61. The second kappa shape index (κ2) is 8.08. The molecule has 0 bridgehead atoms. The molecule has 0 radical (unpaired) electrons. The van der Waals surface area contributed by atoms with Gasteiger partial charge in [-0.3, -0.25) is 14.8 Å². The number of nitrogens with two attached hydrogens (primary N) is 1. The first-order valence-corrected chi connectivity index (χ1v) is 12.1. The van der Waals surface area contributed by atoms with Crippen LogP contribution in [0.5, 0.6) is 0 Å². The van der Waals surface area contributed by atoms with Crippen molar-refractivity contribution in [2.75, 3.05) is 32.4 Å². The quantitative estimate of drug-likeness (QED) is 0.732. The van der Waals surface area contributed by atoms with Crippen LogP contribution in [0.2, 0.25) is 5.02 Å². The Bertz CT molecular complexity index is 1130. The monoisotopic (exact) mass is 463 g/mol. The van der Waals surface area contributed by atoms with Gasteiger partial charge in [0.15, 0.2) is 9.84 Å². The Balaban J connectivity index is 1.38. The summed E-state index contributed by atoms with van der Waals surface area (Å²) in [5, 5.41) is 0.283. The molecule has 2 aliphatic rings. The highest BCUT2D eigenvalue weighted by molar-refractivity contribution is 7.90. The molecule has 2 aliphatic heterocycles. The van der Waals surface area contributed by atoms with Gasteiger partial charge in [-0.2, -0.15) is 0 Å². The van der Waals surface area contributed by atoms with Crippen molar-refractivity contribution in [1.82, 2.24) is 19.8 Å². The summed E-state index contributed by atoms with van der Waals surface area (Å²) in [6, 6.07) is 4.42. The zero-order chi connectivity index (χ0) is 22.3. The average molecular weight is 464 g/mol. The number of aromatic nitrogens is 2. The maximum atomic E-state index is 12.6. The van der Waals surface area contributed by atoms with E-state index in [9.17, 15) is 18.0 Å². The van der Waals surface area contributed by atoms with Crippen LogP contribution in [-0.2, 0) is 14.6 Å². The molecule has 1 atom stereocenters. The number of sulfone groups is 1. The van der Waals surface area contributed by atoms with Crippen molar-refractivity contribution >= 4 is 33.4 Å². The fourth-order valence-electron chi connectivity index (χ4n) is 3.81. The van der Waals surface area contributed by atoms with Crippen LogP contribution in [0.4, 0.5) is 4.79 Å². The van der Waals surface area contributed by atoms with Gasteiger partial charge in [0, 0.05) is 50.1 Å². The van der Waals surface area contributed by atoms with E-state index in [1.165, 1.54) is 12.1 Å². The van der Waals surface area contributed by atoms with E-state index >= 15 is 0 Å². The van der Waals surface area contributed by atoms with Gasteiger partial charge in [-0.05, 0) is 24.6 Å². The highest BCUT2D eigenvalue weighted by Gasteiger charge is 2.38. The van der Waals surface area contributed by atoms with Gasteiger partial charge in [0.2, 0.25) is 5.91 Å². The SMILES string of the molecule is CS(=O)(=O)c1ccc(-c2cnc(C3CN(C(=O)N4CC[C@H](C(N)=O)C4)C3)cn2)c(Cl)c1. The van der Waals surface area contributed by atoms with Crippen molar-refractivity contribution < 1.29 is 18.0 Å². The lowest BCUT2D eigenvalue weighted by Gasteiger charge is -2.40. The van der Waals surface area contributed by atoms with E-state index in [2.05, 4.69) is 9.97 Å². The lowest BCUT2D eigenvalue weighted by atomic mass is 9.97. The topological polar surface area (TPSA) is 127 Å². The Hall–Kier alpha value is -2.72. The van der Waals surface area contributed by atoms with Crippen molar-refractivity contribution in [3.63, 3.8) is 0 Å². The van der Waals surface area contributed by atoms with Gasteiger partial charge in [0.25, 0.3) is 0 Å². The molecular formula is C20H22ClN5O4S. The number of primary amides is 1. The largest absolute Gasteiger partial charge is 0.369 e. The van der Waals surface area contributed by atoms with Gasteiger partial charge in [0.1, 0.15) is 0 Å². The van der Waals surface area contributed by atoms with Gasteiger partial charge >= 0.3 is 6.03 Å². The maximum absolute atomic E-state index is 12.6. The second-order valence-corrected chi connectivity index (χ2v) is 10.4. The third kappa shape index (κ3) is 4.35. The molecule has 3 amide bonds. The van der Waals surface area contributed by atoms with Gasteiger partial charge in [0.05, 0.1) is 33.4 Å². The third-order valence-electron chi connectivity index (χ3n) is 5.75. The molecule has 4 rings (SSSR count). The molecule has 0 unspecified atom stereocenters. The number of hydrogen-bond acceptors (Lipinski definition) is 6. The highest BCUT2D eigenvalue weighted by Crippen LogP contribution is 2.31. The minimum atomic E-state index is -3.34. The molecule has 1 aromatic carbocycles. The average Bonchev–Trinajstić information content (AvgIpc) is 3.17. The molecule has 2 saturated heterocycles. The van der Waals surface area contributed by atoms with Crippen molar-refractivity contribution in [3.8, 4) is 11.3 Å². The van der Waals surface area contributed by atoms with Crippen LogP contribution >= 0.6 is 11.6 Å². The van der Waals surface area contributed by atoms with Gasteiger partial charge < -0.3 is 15.5 Å². The van der Waals surface area contributed by atoms with Crippen LogP contribution in [0.25, 0.3) is 11.3 Å². The van der Waals surface area contributed by atoms with Crippen LogP contribution < -0.4 is 5.73 Å². The first-order chi connectivity index (χ1) is 14.6. The molecule has 0 saturated carbocycles. The number of amides is 3. The Morgan fingerprint density at radius 3 is 2.42 bits per heavy atom. The number of halogens is 1. The summed E-state index contributed by atoms with van der Waals surface area (Å²) in [6.07, 6.45) is 4.99. The van der Waals surface area contributed by atoms with Gasteiger partial charge in [-0.1, -0.05) is 11.6 Å². The number of rotatable bonds is 4. The molecule has 2 fully saturated rings. The minimum Gasteiger partial charge on any atom is -0.369 e. The standard InChI is InChI=1S/C20H22ClN5O4S/c1-31(29,30)14-2-3-15(16(21)6-14)18-8-23-17(7-24-18)13-10-26(11-13)20(28)25-5-4-12(9-25)19(22)27/h2-3,6-8,12-13H,4-5,9-11H2,1H3,(H2,22,27)/t12-/m0/s1. The van der Waals surface area contributed by atoms with Crippen LogP contribution in [0.1, 0.15) is 18.0 Å². The summed E-state index contributed by atoms with van der Waals surface area (Å²) >= 11 is 6.25. The smallest absolute Gasteiger partial charge is 0.320 e. The number of urea groups is 1. The van der Waals surface area contributed by atoms with Gasteiger partial charge in [-0.25, -0.2) is 13.2 Å². The molecule has 3 heterocycles. The van der Waals surface area contributed by atoms with Crippen LogP contribution in [-0.4, -0.2) is 72.6 Å². The molecule has 0 aliphatic carbocycles. The second-order valence-electron chi connectivity index (χ2n) is 7.96. The molecule has 31 heavy (non-hydrogen) atoms. The van der Waals surface area contributed by atoms with Crippen molar-refractivity contribution in [3.05, 3.63) is 41.3 Å². The summed E-state index contributed by atoms with van der Waals surface area (Å²) in [5.41, 5.74) is 7.23. The van der Waals surface area contributed by atoms with E-state index in [1.807, 2.05) is 0 Å². The first kappa shape index (κ1) is 21.5. The summed E-state index contributed by atoms with van der Waals surface area (Å²) in [4.78, 5) is 36.3. The van der Waals surface area contributed by atoms with Crippen LogP contribution in [0.3, 0.4) is 0 Å². The van der Waals surface area contributed by atoms with E-state index < -0.39 is 9.84 Å². The van der Waals surface area contributed by atoms with Gasteiger partial charge in [-0.15, -0.1) is 0 Å². The highest BCUT2D eigenvalue weighted by atomic mass is 35.5. The number of benzene rings is 1. The molecule has 164 valence electrons. The lowest BCUT2D eigenvalue weighted by Crippen LogP contribution is -2.53. The summed E-state index contributed by atoms with van der Waals surface area (Å²) in [5.74, 6) is -0.543.